The summed E-state index contributed by atoms with van der Waals surface area (Å²) in [5.41, 5.74) is 2.54. The molecule has 0 radical (unpaired) electrons. The number of aromatic nitrogens is 1. The topological polar surface area (TPSA) is 77.4 Å². The first-order valence-corrected chi connectivity index (χ1v) is 9.60. The molecular formula is C19H20N2O4S. The standard InChI is InChI=1S/C19H20N2O4S/c1-14-3-7-17(8-4-14)26(23,24)21-12-10-16-6-5-15(13-18(16)21)9-11-20-19(22)25-2/h3-8,10,12-13H,9,11H2,1-2H3,(H,20,22). The smallest absolute Gasteiger partial charge is 0.406 e. The predicted molar refractivity (Wildman–Crippen MR) is 99.8 cm³/mol. The Hall–Kier alpha value is -2.80. The molecule has 3 rings (SSSR count). The number of amides is 1. The SMILES string of the molecule is COC(=O)NCCc1ccc2ccn(S(=O)(=O)c3ccc(C)cc3)c2c1. The first-order chi connectivity index (χ1) is 12.4. The van der Waals surface area contributed by atoms with Crippen molar-refractivity contribution in [2.45, 2.75) is 18.2 Å². The molecule has 136 valence electrons. The molecule has 0 saturated carbocycles. The average molecular weight is 372 g/mol. The number of nitrogens with one attached hydrogen (secondary N) is 1. The lowest BCUT2D eigenvalue weighted by Gasteiger charge is -2.09. The predicted octanol–water partition coefficient (Wildman–Crippen LogP) is 3.09. The molecule has 0 aliphatic rings. The molecule has 3 aromatic rings. The van der Waals surface area contributed by atoms with E-state index in [1.54, 1.807) is 36.5 Å². The fourth-order valence-electron chi connectivity index (χ4n) is 2.72. The number of benzene rings is 2. The van der Waals surface area contributed by atoms with Gasteiger partial charge in [-0.3, -0.25) is 0 Å². The summed E-state index contributed by atoms with van der Waals surface area (Å²) in [5.74, 6) is 0. The third-order valence-corrected chi connectivity index (χ3v) is 5.87. The molecule has 1 heterocycles. The zero-order valence-electron chi connectivity index (χ0n) is 14.6. The van der Waals surface area contributed by atoms with E-state index in [1.165, 1.54) is 11.1 Å². The fourth-order valence-corrected chi connectivity index (χ4v) is 4.06. The number of nitrogens with zero attached hydrogens (tertiary/aromatic N) is 1. The third kappa shape index (κ3) is 3.57. The van der Waals surface area contributed by atoms with Crippen molar-refractivity contribution in [2.24, 2.45) is 0 Å². The Kier molecular flexibility index (Phi) is 4.99. The number of ether oxygens (including phenoxy) is 1. The molecule has 1 amide bonds. The highest BCUT2D eigenvalue weighted by atomic mass is 32.2. The van der Waals surface area contributed by atoms with Crippen LogP contribution < -0.4 is 5.32 Å². The Bertz CT molecular complexity index is 1040. The van der Waals surface area contributed by atoms with Crippen LogP contribution in [0.4, 0.5) is 4.79 Å². The number of methoxy groups -OCH3 is 1. The highest BCUT2D eigenvalue weighted by Gasteiger charge is 2.18. The van der Waals surface area contributed by atoms with Crippen molar-refractivity contribution in [3.63, 3.8) is 0 Å². The van der Waals surface area contributed by atoms with Crippen LogP contribution in [0.5, 0.6) is 0 Å². The second-order valence-electron chi connectivity index (χ2n) is 5.99. The minimum absolute atomic E-state index is 0.248. The van der Waals surface area contributed by atoms with Crippen molar-refractivity contribution in [1.82, 2.24) is 9.29 Å². The lowest BCUT2D eigenvalue weighted by atomic mass is 10.1. The van der Waals surface area contributed by atoms with Gasteiger partial charge in [-0.1, -0.05) is 29.8 Å². The van der Waals surface area contributed by atoms with Crippen molar-refractivity contribution in [3.8, 4) is 0 Å². The second kappa shape index (κ2) is 7.21. The van der Waals surface area contributed by atoms with Gasteiger partial charge in [-0.15, -0.1) is 0 Å². The van der Waals surface area contributed by atoms with E-state index in [0.717, 1.165) is 16.5 Å². The van der Waals surface area contributed by atoms with Crippen LogP contribution in [0, 0.1) is 6.92 Å². The van der Waals surface area contributed by atoms with Crippen LogP contribution in [0.1, 0.15) is 11.1 Å². The van der Waals surface area contributed by atoms with Crippen LogP contribution in [0.2, 0.25) is 0 Å². The minimum atomic E-state index is -3.67. The van der Waals surface area contributed by atoms with Crippen LogP contribution >= 0.6 is 0 Å². The van der Waals surface area contributed by atoms with Crippen molar-refractivity contribution < 1.29 is 17.9 Å². The van der Waals surface area contributed by atoms with Gasteiger partial charge in [0.25, 0.3) is 10.0 Å². The quantitative estimate of drug-likeness (QED) is 0.747. The molecule has 0 unspecified atom stereocenters. The summed E-state index contributed by atoms with van der Waals surface area (Å²) in [6.07, 6.45) is 1.65. The van der Waals surface area contributed by atoms with Crippen molar-refractivity contribution in [1.29, 1.82) is 0 Å². The summed E-state index contributed by atoms with van der Waals surface area (Å²) in [6, 6.07) is 14.2. The fraction of sp³-hybridized carbons (Fsp3) is 0.211. The Balaban J connectivity index is 1.92. The zero-order chi connectivity index (χ0) is 18.7. The van der Waals surface area contributed by atoms with E-state index < -0.39 is 16.1 Å². The average Bonchev–Trinajstić information content (AvgIpc) is 3.06. The second-order valence-corrected chi connectivity index (χ2v) is 7.81. The lowest BCUT2D eigenvalue weighted by Crippen LogP contribution is -2.25. The first-order valence-electron chi connectivity index (χ1n) is 8.16. The summed E-state index contributed by atoms with van der Waals surface area (Å²) < 4.78 is 31.8. The number of carbonyl (C=O) groups is 1. The number of rotatable bonds is 5. The van der Waals surface area contributed by atoms with Crippen LogP contribution in [-0.4, -0.2) is 32.1 Å². The molecule has 0 saturated heterocycles. The van der Waals surface area contributed by atoms with Gasteiger partial charge in [0.1, 0.15) is 0 Å². The summed E-state index contributed by atoms with van der Waals surface area (Å²) in [7, 11) is -2.36. The molecule has 1 N–H and O–H groups in total. The van der Waals surface area contributed by atoms with E-state index in [4.69, 9.17) is 0 Å². The van der Waals surface area contributed by atoms with Crippen LogP contribution in [0.3, 0.4) is 0 Å². The van der Waals surface area contributed by atoms with Gasteiger partial charge in [0.2, 0.25) is 0 Å². The van der Waals surface area contributed by atoms with E-state index in [2.05, 4.69) is 10.1 Å². The van der Waals surface area contributed by atoms with Gasteiger partial charge >= 0.3 is 6.09 Å². The largest absolute Gasteiger partial charge is 0.453 e. The third-order valence-electron chi connectivity index (χ3n) is 4.17. The summed E-state index contributed by atoms with van der Waals surface area (Å²) in [4.78, 5) is 11.4. The molecule has 0 spiro atoms. The maximum absolute atomic E-state index is 13.0. The van der Waals surface area contributed by atoms with Crippen molar-refractivity contribution >= 4 is 27.0 Å². The number of alkyl carbamates (subject to hydrolysis) is 1. The Morgan fingerprint density at radius 1 is 1.12 bits per heavy atom. The van der Waals surface area contributed by atoms with Gasteiger partial charge in [-0.05, 0) is 43.2 Å². The van der Waals surface area contributed by atoms with E-state index in [0.29, 0.717) is 18.5 Å². The highest BCUT2D eigenvalue weighted by molar-refractivity contribution is 7.90. The number of aryl methyl sites for hydroxylation is 1. The normalized spacial score (nSPS) is 11.5. The molecule has 0 aliphatic carbocycles. The Morgan fingerprint density at radius 2 is 1.85 bits per heavy atom. The van der Waals surface area contributed by atoms with E-state index in [1.807, 2.05) is 25.1 Å². The summed E-state index contributed by atoms with van der Waals surface area (Å²) in [6.45, 7) is 2.32. The summed E-state index contributed by atoms with van der Waals surface area (Å²) >= 11 is 0. The molecule has 0 fully saturated rings. The molecule has 2 aromatic carbocycles. The van der Waals surface area contributed by atoms with Gasteiger partial charge in [-0.2, -0.15) is 0 Å². The molecular weight excluding hydrogens is 352 g/mol. The van der Waals surface area contributed by atoms with Crippen molar-refractivity contribution in [3.05, 3.63) is 65.9 Å². The van der Waals surface area contributed by atoms with Gasteiger partial charge in [0.15, 0.2) is 0 Å². The Morgan fingerprint density at radius 3 is 2.54 bits per heavy atom. The molecule has 1 aromatic heterocycles. The summed E-state index contributed by atoms with van der Waals surface area (Å²) in [5, 5.41) is 3.45. The number of fused-ring (bicyclic) bond motifs is 1. The molecule has 6 nitrogen and oxygen atoms in total. The molecule has 26 heavy (non-hydrogen) atoms. The van der Waals surface area contributed by atoms with Crippen LogP contribution in [-0.2, 0) is 21.2 Å². The monoisotopic (exact) mass is 372 g/mol. The lowest BCUT2D eigenvalue weighted by molar-refractivity contribution is 0.171. The zero-order valence-corrected chi connectivity index (χ0v) is 15.4. The van der Waals surface area contributed by atoms with E-state index in [9.17, 15) is 13.2 Å². The molecule has 7 heteroatoms. The van der Waals surface area contributed by atoms with Gasteiger partial charge < -0.3 is 10.1 Å². The maximum atomic E-state index is 13.0. The van der Waals surface area contributed by atoms with Gasteiger partial charge in [0.05, 0.1) is 17.5 Å². The van der Waals surface area contributed by atoms with Gasteiger partial charge in [-0.25, -0.2) is 17.2 Å². The number of carbonyl (C=O) groups excluding carboxylic acids is 1. The highest BCUT2D eigenvalue weighted by Crippen LogP contribution is 2.23. The van der Waals surface area contributed by atoms with E-state index in [-0.39, 0.29) is 4.90 Å². The van der Waals surface area contributed by atoms with Gasteiger partial charge in [0, 0.05) is 18.1 Å². The van der Waals surface area contributed by atoms with E-state index >= 15 is 0 Å². The van der Waals surface area contributed by atoms with Crippen molar-refractivity contribution in [2.75, 3.05) is 13.7 Å². The maximum Gasteiger partial charge on any atom is 0.406 e. The van der Waals surface area contributed by atoms with Crippen LogP contribution in [0.25, 0.3) is 10.9 Å². The minimum Gasteiger partial charge on any atom is -0.453 e. The number of hydrogen-bond donors (Lipinski definition) is 1. The number of hydrogen-bond acceptors (Lipinski definition) is 4. The Labute approximate surface area is 152 Å². The molecule has 0 aliphatic heterocycles. The first kappa shape index (κ1) is 18.0. The molecule has 0 atom stereocenters. The van der Waals surface area contributed by atoms with Crippen LogP contribution in [0.15, 0.2) is 59.6 Å². The molecule has 0 bridgehead atoms.